The lowest BCUT2D eigenvalue weighted by atomic mass is 9.68. The molecule has 298 valence electrons. The van der Waals surface area contributed by atoms with Crippen molar-refractivity contribution in [3.63, 3.8) is 0 Å². The summed E-state index contributed by atoms with van der Waals surface area (Å²) >= 11 is 0. The first-order chi connectivity index (χ1) is 25.8. The molecule has 54 heavy (non-hydrogen) atoms. The first kappa shape index (κ1) is 41.6. The van der Waals surface area contributed by atoms with E-state index in [1.165, 1.54) is 12.5 Å². The largest absolute Gasteiger partial charge is 0.443 e. The van der Waals surface area contributed by atoms with E-state index < -0.39 is 35.4 Å². The van der Waals surface area contributed by atoms with E-state index in [1.807, 2.05) is 30.3 Å². The average molecular weight is 755 g/mol. The van der Waals surface area contributed by atoms with E-state index in [9.17, 15) is 24.0 Å². The second-order valence-electron chi connectivity index (χ2n) is 15.5. The van der Waals surface area contributed by atoms with Gasteiger partial charge in [-0.2, -0.15) is 0 Å². The maximum atomic E-state index is 13.2. The third kappa shape index (κ3) is 11.2. The van der Waals surface area contributed by atoms with Gasteiger partial charge in [0.05, 0.1) is 44.3 Å². The van der Waals surface area contributed by atoms with Gasteiger partial charge in [0.2, 0.25) is 17.5 Å². The Hall–Kier alpha value is -3.57. The summed E-state index contributed by atoms with van der Waals surface area (Å²) in [4.78, 5) is 62.7. The lowest BCUT2D eigenvalue weighted by molar-refractivity contribution is -0.137. The van der Waals surface area contributed by atoms with Crippen molar-refractivity contribution in [3.05, 3.63) is 47.5 Å². The van der Waals surface area contributed by atoms with Crippen LogP contribution in [0.2, 0.25) is 0 Å². The molecule has 1 spiro atoms. The Balaban J connectivity index is 1.03. The number of hydrogen-bond acceptors (Lipinski definition) is 13. The highest BCUT2D eigenvalue weighted by Crippen LogP contribution is 2.59. The van der Waals surface area contributed by atoms with Gasteiger partial charge >= 0.3 is 6.09 Å². The molecule has 5 rings (SSSR count). The summed E-state index contributed by atoms with van der Waals surface area (Å²) in [6.07, 6.45) is 6.18. The standard InChI is InChI=1S/C39H58N6O9/c1-24(2)11-16-32-38(4,54-32)36-35(51-5)31(17-18-39(36)23-52-39)53-37(50)44-28-14-12-27(13-15-28)43-33(48)22-42-45-29(19-26-9-7-6-8-10-26)34(49)30(47)21-41-40-20-25(3)46/h6-11,27-29,31-32,35-36,40-42,45H,12-23H2,1-5H3,(H,43,48)(H,44,50)/t27?,28?,29-,31?,32+,35?,36?,38?,39-/m0/s1. The molecule has 4 aliphatic rings. The number of methoxy groups -OCH3 is 1. The molecule has 7 atom stereocenters. The summed E-state index contributed by atoms with van der Waals surface area (Å²) in [6.45, 7) is 7.95. The number of Topliss-reactive ketones (excluding diaryl/α,β-unsaturated/α-hetero) is 3. The van der Waals surface area contributed by atoms with Crippen molar-refractivity contribution in [2.75, 3.05) is 33.4 Å². The Morgan fingerprint density at radius 1 is 0.907 bits per heavy atom. The lowest BCUT2D eigenvalue weighted by Gasteiger charge is -2.42. The van der Waals surface area contributed by atoms with Crippen LogP contribution in [0.5, 0.6) is 0 Å². The molecular weight excluding hydrogens is 696 g/mol. The van der Waals surface area contributed by atoms with Crippen LogP contribution < -0.4 is 32.3 Å². The van der Waals surface area contributed by atoms with Crippen LogP contribution in [-0.4, -0.2) is 110 Å². The zero-order valence-electron chi connectivity index (χ0n) is 32.2. The van der Waals surface area contributed by atoms with Gasteiger partial charge in [0.25, 0.3) is 0 Å². The second kappa shape index (κ2) is 18.8. The van der Waals surface area contributed by atoms with Crippen LogP contribution in [0.1, 0.15) is 78.2 Å². The van der Waals surface area contributed by atoms with E-state index in [0.29, 0.717) is 38.7 Å². The fourth-order valence-corrected chi connectivity index (χ4v) is 7.99. The van der Waals surface area contributed by atoms with Gasteiger partial charge in [-0.3, -0.25) is 24.6 Å². The Bertz CT molecular complexity index is 1510. The Morgan fingerprint density at radius 3 is 2.20 bits per heavy atom. The quantitative estimate of drug-likeness (QED) is 0.0370. The van der Waals surface area contributed by atoms with Crippen molar-refractivity contribution in [1.82, 2.24) is 32.3 Å². The molecule has 2 amide bonds. The molecule has 2 heterocycles. The molecular formula is C39H58N6O9. The number of alkyl carbamates (subject to hydrolysis) is 1. The summed E-state index contributed by atoms with van der Waals surface area (Å²) in [5, 5.41) is 6.05. The number of hydrazine groups is 2. The maximum absolute atomic E-state index is 13.2. The van der Waals surface area contributed by atoms with Crippen LogP contribution in [-0.2, 0) is 44.5 Å². The number of allylic oxidation sites excluding steroid dienone is 1. The summed E-state index contributed by atoms with van der Waals surface area (Å²) < 4.78 is 24.3. The van der Waals surface area contributed by atoms with E-state index in [-0.39, 0.29) is 73.6 Å². The second-order valence-corrected chi connectivity index (χ2v) is 15.5. The average Bonchev–Trinajstić information content (AvgIpc) is 4.06. The zero-order valence-corrected chi connectivity index (χ0v) is 32.2. The predicted octanol–water partition coefficient (Wildman–Crippen LogP) is 1.74. The van der Waals surface area contributed by atoms with Crippen molar-refractivity contribution in [1.29, 1.82) is 0 Å². The van der Waals surface area contributed by atoms with E-state index >= 15 is 0 Å². The molecule has 1 aromatic carbocycles. The topological polar surface area (TPSA) is 201 Å². The first-order valence-electron chi connectivity index (χ1n) is 19.1. The summed E-state index contributed by atoms with van der Waals surface area (Å²) in [5.74, 6) is -1.77. The Morgan fingerprint density at radius 2 is 1.57 bits per heavy atom. The van der Waals surface area contributed by atoms with Crippen LogP contribution in [0.15, 0.2) is 42.0 Å². The summed E-state index contributed by atoms with van der Waals surface area (Å²) in [7, 11) is 1.66. The number of ketones is 3. The fraction of sp³-hybridized carbons (Fsp3) is 0.667. The van der Waals surface area contributed by atoms with Crippen LogP contribution in [0, 0.1) is 5.92 Å². The number of rotatable bonds is 20. The number of carbonyl (C=O) groups is 5. The van der Waals surface area contributed by atoms with Gasteiger partial charge in [-0.15, -0.1) is 0 Å². The van der Waals surface area contributed by atoms with Crippen molar-refractivity contribution < 1.29 is 42.9 Å². The molecule has 4 unspecified atom stereocenters. The first-order valence-corrected chi connectivity index (χ1v) is 19.1. The third-order valence-corrected chi connectivity index (χ3v) is 11.0. The van der Waals surface area contributed by atoms with Crippen LogP contribution in [0.3, 0.4) is 0 Å². The number of benzene rings is 1. The van der Waals surface area contributed by atoms with Crippen LogP contribution >= 0.6 is 0 Å². The molecule has 6 N–H and O–H groups in total. The normalized spacial score (nSPS) is 30.5. The van der Waals surface area contributed by atoms with Gasteiger partial charge in [-0.05, 0) is 84.6 Å². The molecule has 4 fully saturated rings. The van der Waals surface area contributed by atoms with Crippen molar-refractivity contribution in [3.8, 4) is 0 Å². The van der Waals surface area contributed by atoms with Gasteiger partial charge in [-0.1, -0.05) is 42.0 Å². The van der Waals surface area contributed by atoms with E-state index in [1.54, 1.807) is 7.11 Å². The lowest BCUT2D eigenvalue weighted by Crippen LogP contribution is -2.56. The molecule has 0 radical (unpaired) electrons. The predicted molar refractivity (Wildman–Crippen MR) is 199 cm³/mol. The van der Waals surface area contributed by atoms with Gasteiger partial charge in [0, 0.05) is 19.2 Å². The summed E-state index contributed by atoms with van der Waals surface area (Å²) in [5.41, 5.74) is 12.2. The van der Waals surface area contributed by atoms with Crippen molar-refractivity contribution in [2.24, 2.45) is 5.92 Å². The molecule has 15 heteroatoms. The van der Waals surface area contributed by atoms with Gasteiger partial charge < -0.3 is 29.6 Å². The fourth-order valence-electron chi connectivity index (χ4n) is 7.99. The van der Waals surface area contributed by atoms with Gasteiger partial charge in [0.1, 0.15) is 29.2 Å². The maximum Gasteiger partial charge on any atom is 0.407 e. The minimum absolute atomic E-state index is 0.0235. The van der Waals surface area contributed by atoms with Crippen LogP contribution in [0.25, 0.3) is 0 Å². The van der Waals surface area contributed by atoms with E-state index in [2.05, 4.69) is 59.2 Å². The molecule has 2 saturated heterocycles. The monoisotopic (exact) mass is 754 g/mol. The van der Waals surface area contributed by atoms with E-state index in [4.69, 9.17) is 18.9 Å². The molecule has 0 bridgehead atoms. The third-order valence-electron chi connectivity index (χ3n) is 11.0. The molecule has 15 nitrogen and oxygen atoms in total. The number of ether oxygens (including phenoxy) is 4. The molecule has 2 aliphatic heterocycles. The number of epoxide rings is 2. The zero-order chi connectivity index (χ0) is 38.9. The number of nitrogens with one attached hydrogen (secondary N) is 6. The minimum Gasteiger partial charge on any atom is -0.443 e. The summed E-state index contributed by atoms with van der Waals surface area (Å²) in [6, 6.07) is 8.16. The molecule has 1 aromatic rings. The highest BCUT2D eigenvalue weighted by molar-refractivity contribution is 6.40. The highest BCUT2D eigenvalue weighted by Gasteiger charge is 2.72. The highest BCUT2D eigenvalue weighted by atomic mass is 16.6. The number of amides is 2. The van der Waals surface area contributed by atoms with Gasteiger partial charge in [-0.25, -0.2) is 21.1 Å². The SMILES string of the molecule is COC1C(OC(=O)NC2CCC(NC(=O)CNN[C@@H](Cc3ccccc3)C(=O)C(=O)CNNCC(C)=O)CC2)CC[C@]2(CO2)C1C1(C)O[C@@H]1CC=C(C)C. The van der Waals surface area contributed by atoms with Gasteiger partial charge in [0.15, 0.2) is 0 Å². The van der Waals surface area contributed by atoms with Crippen molar-refractivity contribution >= 4 is 29.4 Å². The minimum atomic E-state index is -0.917. The van der Waals surface area contributed by atoms with Crippen molar-refractivity contribution in [2.45, 2.75) is 127 Å². The number of hydrogen-bond donors (Lipinski definition) is 6. The Kier molecular flexibility index (Phi) is 14.5. The molecule has 2 aliphatic carbocycles. The Labute approximate surface area is 317 Å². The van der Waals surface area contributed by atoms with Crippen LogP contribution in [0.4, 0.5) is 4.79 Å². The smallest absolute Gasteiger partial charge is 0.407 e. The van der Waals surface area contributed by atoms with E-state index in [0.717, 1.165) is 18.4 Å². The molecule has 0 aromatic heterocycles. The molecule has 2 saturated carbocycles. The number of carbonyl (C=O) groups excluding carboxylic acids is 5.